The Kier molecular flexibility index (Phi) is 3.77. The van der Waals surface area contributed by atoms with Gasteiger partial charge in [0.15, 0.2) is 3.79 Å². The second-order valence-corrected chi connectivity index (χ2v) is 4.60. The Balaban J connectivity index is 3.81. The van der Waals surface area contributed by atoms with Gasteiger partial charge in [0.05, 0.1) is 6.42 Å². The van der Waals surface area contributed by atoms with Crippen molar-refractivity contribution in [1.82, 2.24) is 4.90 Å². The number of hydrogen-bond acceptors (Lipinski definition) is 1. The average Bonchev–Trinajstić information content (AvgIpc) is 1.60. The Hall–Kier alpha value is 0.340. The number of amides is 1. The lowest BCUT2D eigenvalue weighted by Gasteiger charge is -2.14. The third-order valence-corrected chi connectivity index (χ3v) is 1.25. The van der Waals surface area contributed by atoms with E-state index >= 15 is 0 Å². The number of hydrogen-bond donors (Lipinski definition) is 0. The van der Waals surface area contributed by atoms with Gasteiger partial charge >= 0.3 is 0 Å². The molecular weight excluding hydrogens is 196 g/mol. The van der Waals surface area contributed by atoms with Crippen molar-refractivity contribution in [2.75, 3.05) is 14.1 Å². The molecule has 10 heavy (non-hydrogen) atoms. The number of nitrogens with zero attached hydrogens (tertiary/aromatic N) is 1. The molecule has 0 aliphatic rings. The van der Waals surface area contributed by atoms with Gasteiger partial charge in [0, 0.05) is 14.1 Å². The fourth-order valence-electron chi connectivity index (χ4n) is 0.330. The molecule has 1 amide bonds. The van der Waals surface area contributed by atoms with E-state index in [2.05, 4.69) is 0 Å². The van der Waals surface area contributed by atoms with Gasteiger partial charge in [0.2, 0.25) is 5.91 Å². The predicted molar refractivity (Wildman–Crippen MR) is 43.6 cm³/mol. The molecule has 0 aromatic rings. The Morgan fingerprint density at radius 2 is 1.80 bits per heavy atom. The second-order valence-electron chi connectivity index (χ2n) is 2.08. The summed E-state index contributed by atoms with van der Waals surface area (Å²) in [6, 6.07) is 0. The van der Waals surface area contributed by atoms with E-state index in [4.69, 9.17) is 34.8 Å². The van der Waals surface area contributed by atoms with Crippen molar-refractivity contribution < 1.29 is 4.79 Å². The molecule has 0 atom stereocenters. The van der Waals surface area contributed by atoms with Crippen LogP contribution in [0, 0.1) is 0 Å². The van der Waals surface area contributed by atoms with Crippen molar-refractivity contribution in [3.63, 3.8) is 0 Å². The van der Waals surface area contributed by atoms with Crippen LogP contribution in [0.15, 0.2) is 0 Å². The highest BCUT2D eigenvalue weighted by atomic mass is 35.6. The minimum Gasteiger partial charge on any atom is -0.349 e. The van der Waals surface area contributed by atoms with Crippen LogP contribution in [-0.4, -0.2) is 28.7 Å². The fraction of sp³-hybridized carbons (Fsp3) is 0.800. The fourth-order valence-corrected chi connectivity index (χ4v) is 0.673. The molecule has 0 unspecified atom stereocenters. The first-order chi connectivity index (χ1) is 4.33. The SMILES string of the molecule is CN(C)C(=O)CC(Cl)(Cl)Cl. The molecule has 0 aliphatic carbocycles. The summed E-state index contributed by atoms with van der Waals surface area (Å²) < 4.78 is -1.47. The van der Waals surface area contributed by atoms with Gasteiger partial charge in [-0.05, 0) is 0 Å². The van der Waals surface area contributed by atoms with Crippen LogP contribution in [0.1, 0.15) is 6.42 Å². The van der Waals surface area contributed by atoms with Gasteiger partial charge in [-0.15, -0.1) is 0 Å². The molecule has 0 rings (SSSR count). The van der Waals surface area contributed by atoms with Gasteiger partial charge in [0.1, 0.15) is 0 Å². The monoisotopic (exact) mass is 203 g/mol. The molecule has 0 aromatic heterocycles. The molecule has 0 N–H and O–H groups in total. The topological polar surface area (TPSA) is 20.3 Å². The largest absolute Gasteiger partial charge is 0.349 e. The smallest absolute Gasteiger partial charge is 0.226 e. The summed E-state index contributed by atoms with van der Waals surface area (Å²) in [6.45, 7) is 0. The summed E-state index contributed by atoms with van der Waals surface area (Å²) in [5.41, 5.74) is 0. The summed E-state index contributed by atoms with van der Waals surface area (Å²) in [5.74, 6) is -0.194. The Morgan fingerprint density at radius 3 is 1.90 bits per heavy atom. The van der Waals surface area contributed by atoms with Gasteiger partial charge in [-0.25, -0.2) is 0 Å². The number of alkyl halides is 3. The zero-order chi connectivity index (χ0) is 8.36. The molecule has 0 heterocycles. The van der Waals surface area contributed by atoms with E-state index in [1.54, 1.807) is 14.1 Å². The minimum atomic E-state index is -1.47. The van der Waals surface area contributed by atoms with Gasteiger partial charge in [-0.2, -0.15) is 0 Å². The van der Waals surface area contributed by atoms with Crippen LogP contribution in [0.2, 0.25) is 0 Å². The van der Waals surface area contributed by atoms with Crippen molar-refractivity contribution in [2.24, 2.45) is 0 Å². The molecule has 5 heteroatoms. The standard InChI is InChI=1S/C5H8Cl3NO/c1-9(2)4(10)3-5(6,7)8/h3H2,1-2H3. The lowest BCUT2D eigenvalue weighted by molar-refractivity contribution is -0.128. The van der Waals surface area contributed by atoms with Crippen molar-refractivity contribution in [2.45, 2.75) is 10.2 Å². The minimum absolute atomic E-state index is 0.0787. The number of carbonyl (C=O) groups excluding carboxylic acids is 1. The molecule has 0 radical (unpaired) electrons. The maximum Gasteiger partial charge on any atom is 0.226 e. The molecule has 0 bridgehead atoms. The van der Waals surface area contributed by atoms with Crippen LogP contribution in [0.25, 0.3) is 0 Å². The number of halogens is 3. The van der Waals surface area contributed by atoms with Crippen LogP contribution in [-0.2, 0) is 4.79 Å². The highest BCUT2D eigenvalue weighted by Crippen LogP contribution is 2.30. The van der Waals surface area contributed by atoms with Crippen molar-refractivity contribution in [3.8, 4) is 0 Å². The van der Waals surface area contributed by atoms with E-state index in [0.717, 1.165) is 0 Å². The lowest BCUT2D eigenvalue weighted by Crippen LogP contribution is -2.25. The Labute approximate surface area is 75.0 Å². The van der Waals surface area contributed by atoms with Gasteiger partial charge in [-0.1, -0.05) is 34.8 Å². The van der Waals surface area contributed by atoms with Crippen molar-refractivity contribution in [3.05, 3.63) is 0 Å². The summed E-state index contributed by atoms with van der Waals surface area (Å²) >= 11 is 16.1. The first-order valence-electron chi connectivity index (χ1n) is 2.60. The third kappa shape index (κ3) is 5.15. The molecule has 2 nitrogen and oxygen atoms in total. The molecule has 0 fully saturated rings. The number of rotatable bonds is 1. The van der Waals surface area contributed by atoms with Crippen LogP contribution < -0.4 is 0 Å². The van der Waals surface area contributed by atoms with Crippen molar-refractivity contribution in [1.29, 1.82) is 0 Å². The normalized spacial score (nSPS) is 11.3. The Morgan fingerprint density at radius 1 is 1.40 bits per heavy atom. The van der Waals surface area contributed by atoms with Gasteiger partial charge in [0.25, 0.3) is 0 Å². The Bertz CT molecular complexity index is 129. The number of carbonyl (C=O) groups is 1. The highest BCUT2D eigenvalue weighted by Gasteiger charge is 2.24. The molecular formula is C5H8Cl3NO. The summed E-state index contributed by atoms with van der Waals surface area (Å²) in [4.78, 5) is 12.2. The molecule has 0 spiro atoms. The van der Waals surface area contributed by atoms with E-state index in [0.29, 0.717) is 0 Å². The highest BCUT2D eigenvalue weighted by molar-refractivity contribution is 6.68. The molecule has 0 aromatic carbocycles. The maximum absolute atomic E-state index is 10.8. The van der Waals surface area contributed by atoms with E-state index in [1.807, 2.05) is 0 Å². The summed E-state index contributed by atoms with van der Waals surface area (Å²) in [7, 11) is 3.22. The second kappa shape index (κ2) is 3.65. The maximum atomic E-state index is 10.8. The predicted octanol–water partition coefficient (Wildman–Crippen LogP) is 1.83. The summed E-state index contributed by atoms with van der Waals surface area (Å²) in [5, 5.41) is 0. The van der Waals surface area contributed by atoms with Gasteiger partial charge < -0.3 is 4.90 Å². The van der Waals surface area contributed by atoms with E-state index in [-0.39, 0.29) is 12.3 Å². The zero-order valence-corrected chi connectivity index (χ0v) is 7.96. The third-order valence-electron chi connectivity index (χ3n) is 0.850. The van der Waals surface area contributed by atoms with Crippen LogP contribution in [0.4, 0.5) is 0 Å². The van der Waals surface area contributed by atoms with E-state index in [9.17, 15) is 4.79 Å². The van der Waals surface area contributed by atoms with E-state index < -0.39 is 3.79 Å². The quantitative estimate of drug-likeness (QED) is 0.597. The zero-order valence-electron chi connectivity index (χ0n) is 5.70. The van der Waals surface area contributed by atoms with Crippen LogP contribution in [0.5, 0.6) is 0 Å². The van der Waals surface area contributed by atoms with Gasteiger partial charge in [-0.3, -0.25) is 4.79 Å². The van der Waals surface area contributed by atoms with Crippen molar-refractivity contribution >= 4 is 40.7 Å². The first-order valence-corrected chi connectivity index (χ1v) is 3.73. The molecule has 0 saturated carbocycles. The lowest BCUT2D eigenvalue weighted by atomic mass is 10.4. The molecule has 0 saturated heterocycles. The van der Waals surface area contributed by atoms with Crippen LogP contribution in [0.3, 0.4) is 0 Å². The summed E-state index contributed by atoms with van der Waals surface area (Å²) in [6.07, 6.45) is -0.0787. The molecule has 0 aliphatic heterocycles. The molecule has 60 valence electrons. The van der Waals surface area contributed by atoms with E-state index in [1.165, 1.54) is 4.90 Å². The average molecular weight is 204 g/mol. The first kappa shape index (κ1) is 10.3. The van der Waals surface area contributed by atoms with Crippen LogP contribution >= 0.6 is 34.8 Å².